The van der Waals surface area contributed by atoms with Crippen LogP contribution in [-0.4, -0.2) is 37.7 Å². The third-order valence-corrected chi connectivity index (χ3v) is 6.74. The minimum atomic E-state index is -3.41. The van der Waals surface area contributed by atoms with Crippen LogP contribution in [0.15, 0.2) is 59.5 Å². The molecule has 2 aromatic carbocycles. The van der Waals surface area contributed by atoms with Crippen LogP contribution < -0.4 is 5.32 Å². The first-order valence-electron chi connectivity index (χ1n) is 8.03. The molecule has 1 fully saturated rings. The quantitative estimate of drug-likeness (QED) is 0.888. The maximum Gasteiger partial charge on any atom is 0.317 e. The number of amides is 2. The predicted octanol–water partition coefficient (Wildman–Crippen LogP) is 3.10. The maximum absolute atomic E-state index is 12.6. The number of hydrogen-bond donors (Lipinski definition) is 1. The Hall–Kier alpha value is -2.05. The summed E-state index contributed by atoms with van der Waals surface area (Å²) >= 11 is 5.83. The molecule has 1 aliphatic heterocycles. The van der Waals surface area contributed by atoms with Gasteiger partial charge in [0, 0.05) is 24.7 Å². The van der Waals surface area contributed by atoms with Crippen LogP contribution >= 0.6 is 11.6 Å². The van der Waals surface area contributed by atoms with Gasteiger partial charge in [-0.1, -0.05) is 41.9 Å². The molecule has 2 amide bonds. The van der Waals surface area contributed by atoms with E-state index >= 15 is 0 Å². The number of nitrogens with zero attached hydrogens (tertiary/aromatic N) is 1. The molecule has 3 rings (SSSR count). The van der Waals surface area contributed by atoms with Gasteiger partial charge < -0.3 is 10.2 Å². The lowest BCUT2D eigenvalue weighted by Gasteiger charge is -2.17. The molecule has 1 heterocycles. The van der Waals surface area contributed by atoms with Crippen molar-refractivity contribution < 1.29 is 13.2 Å². The molecule has 1 unspecified atom stereocenters. The van der Waals surface area contributed by atoms with E-state index in [0.717, 1.165) is 5.56 Å². The van der Waals surface area contributed by atoms with Gasteiger partial charge in [-0.15, -0.1) is 0 Å². The molecule has 7 heteroatoms. The van der Waals surface area contributed by atoms with Crippen molar-refractivity contribution in [3.05, 3.63) is 65.2 Å². The van der Waals surface area contributed by atoms with Gasteiger partial charge in [-0.25, -0.2) is 13.2 Å². The van der Waals surface area contributed by atoms with Crippen molar-refractivity contribution in [2.24, 2.45) is 0 Å². The van der Waals surface area contributed by atoms with Gasteiger partial charge in [-0.3, -0.25) is 0 Å². The van der Waals surface area contributed by atoms with Crippen LogP contribution in [0, 0.1) is 0 Å². The van der Waals surface area contributed by atoms with Gasteiger partial charge in [0.25, 0.3) is 0 Å². The molecule has 1 saturated heterocycles. The van der Waals surface area contributed by atoms with E-state index in [2.05, 4.69) is 5.32 Å². The van der Waals surface area contributed by atoms with Gasteiger partial charge in [0.05, 0.1) is 10.1 Å². The molecule has 2 aromatic rings. The average Bonchev–Trinajstić information content (AvgIpc) is 3.13. The summed E-state index contributed by atoms with van der Waals surface area (Å²) in [4.78, 5) is 14.2. The minimum Gasteiger partial charge on any atom is -0.334 e. The first-order chi connectivity index (χ1) is 12.0. The second-order valence-electron chi connectivity index (χ2n) is 6.00. The third-order valence-electron chi connectivity index (χ3n) is 4.30. The molecule has 1 aliphatic rings. The van der Waals surface area contributed by atoms with E-state index in [0.29, 0.717) is 29.4 Å². The van der Waals surface area contributed by atoms with E-state index in [-0.39, 0.29) is 12.6 Å². The number of halogens is 1. The number of nitrogens with one attached hydrogen (secondary N) is 1. The van der Waals surface area contributed by atoms with Crippen LogP contribution in [0.1, 0.15) is 12.0 Å². The number of likely N-dealkylation sites (tertiary alicyclic amines) is 1. The van der Waals surface area contributed by atoms with Crippen molar-refractivity contribution in [3.63, 3.8) is 0 Å². The molecule has 25 heavy (non-hydrogen) atoms. The first-order valence-corrected chi connectivity index (χ1v) is 9.95. The zero-order valence-electron chi connectivity index (χ0n) is 13.6. The van der Waals surface area contributed by atoms with Crippen molar-refractivity contribution in [1.82, 2.24) is 10.2 Å². The highest BCUT2D eigenvalue weighted by Gasteiger charge is 2.35. The fourth-order valence-electron chi connectivity index (χ4n) is 2.86. The number of hydrogen-bond acceptors (Lipinski definition) is 3. The lowest BCUT2D eigenvalue weighted by molar-refractivity contribution is 0.208. The number of rotatable bonds is 4. The van der Waals surface area contributed by atoms with Crippen LogP contribution in [0.2, 0.25) is 5.02 Å². The zero-order chi connectivity index (χ0) is 17.9. The number of urea groups is 1. The van der Waals surface area contributed by atoms with E-state index in [1.807, 2.05) is 12.1 Å². The molecule has 0 aliphatic carbocycles. The fourth-order valence-corrected chi connectivity index (χ4v) is 4.70. The Balaban J connectivity index is 1.58. The van der Waals surface area contributed by atoms with Crippen LogP contribution in [-0.2, 0) is 16.4 Å². The van der Waals surface area contributed by atoms with Gasteiger partial charge in [0.1, 0.15) is 0 Å². The highest BCUT2D eigenvalue weighted by molar-refractivity contribution is 7.92. The molecule has 1 N–H and O–H groups in total. The molecular weight excluding hydrogens is 360 g/mol. The third kappa shape index (κ3) is 4.14. The van der Waals surface area contributed by atoms with Crippen LogP contribution in [0.25, 0.3) is 0 Å². The maximum atomic E-state index is 12.6. The van der Waals surface area contributed by atoms with Crippen molar-refractivity contribution in [2.45, 2.75) is 23.1 Å². The number of carbonyl (C=O) groups is 1. The molecule has 1 atom stereocenters. The van der Waals surface area contributed by atoms with Crippen molar-refractivity contribution in [1.29, 1.82) is 0 Å². The van der Waals surface area contributed by atoms with Gasteiger partial charge in [-0.05, 0) is 36.2 Å². The molecule has 0 spiro atoms. The molecule has 0 aromatic heterocycles. The molecular formula is C18H19ClN2O3S. The Labute approximate surface area is 152 Å². The Morgan fingerprint density at radius 1 is 1.12 bits per heavy atom. The SMILES string of the molecule is O=C(NCc1ccc(Cl)cc1)N1CCC(S(=O)(=O)c2ccccc2)C1. The molecule has 0 bridgehead atoms. The second-order valence-corrected chi connectivity index (χ2v) is 8.66. The van der Waals surface area contributed by atoms with E-state index in [9.17, 15) is 13.2 Å². The summed E-state index contributed by atoms with van der Waals surface area (Å²) in [6.45, 7) is 1.02. The molecule has 5 nitrogen and oxygen atoms in total. The van der Waals surface area contributed by atoms with Crippen LogP contribution in [0.5, 0.6) is 0 Å². The van der Waals surface area contributed by atoms with Crippen molar-refractivity contribution >= 4 is 27.5 Å². The zero-order valence-corrected chi connectivity index (χ0v) is 15.1. The van der Waals surface area contributed by atoms with Crippen LogP contribution in [0.4, 0.5) is 4.79 Å². The Bertz CT molecular complexity index is 838. The normalized spacial score (nSPS) is 17.5. The Morgan fingerprint density at radius 2 is 1.80 bits per heavy atom. The van der Waals surface area contributed by atoms with Crippen molar-refractivity contribution in [2.75, 3.05) is 13.1 Å². The molecule has 0 radical (unpaired) electrons. The first kappa shape index (κ1) is 17.8. The van der Waals surface area contributed by atoms with E-state index in [1.54, 1.807) is 47.4 Å². The summed E-state index contributed by atoms with van der Waals surface area (Å²) < 4.78 is 25.3. The number of carbonyl (C=O) groups excluding carboxylic acids is 1. The monoisotopic (exact) mass is 378 g/mol. The number of benzene rings is 2. The summed E-state index contributed by atoms with van der Waals surface area (Å²) in [5, 5.41) is 2.90. The second kappa shape index (κ2) is 7.45. The topological polar surface area (TPSA) is 66.5 Å². The fraction of sp³-hybridized carbons (Fsp3) is 0.278. The Morgan fingerprint density at radius 3 is 2.48 bits per heavy atom. The molecule has 0 saturated carbocycles. The lowest BCUT2D eigenvalue weighted by atomic mass is 10.2. The summed E-state index contributed by atoms with van der Waals surface area (Å²) in [6, 6.07) is 15.4. The van der Waals surface area contributed by atoms with Crippen molar-refractivity contribution in [3.8, 4) is 0 Å². The van der Waals surface area contributed by atoms with Gasteiger partial charge >= 0.3 is 6.03 Å². The van der Waals surface area contributed by atoms with E-state index in [4.69, 9.17) is 11.6 Å². The van der Waals surface area contributed by atoms with Gasteiger partial charge in [-0.2, -0.15) is 0 Å². The van der Waals surface area contributed by atoms with Gasteiger partial charge in [0.2, 0.25) is 0 Å². The summed E-state index contributed by atoms with van der Waals surface area (Å²) in [6.07, 6.45) is 0.450. The van der Waals surface area contributed by atoms with E-state index < -0.39 is 15.1 Å². The van der Waals surface area contributed by atoms with E-state index in [1.165, 1.54) is 0 Å². The summed E-state index contributed by atoms with van der Waals surface area (Å²) in [5.74, 6) is 0. The smallest absolute Gasteiger partial charge is 0.317 e. The standard InChI is InChI=1S/C18H19ClN2O3S/c19-15-8-6-14(7-9-15)12-20-18(22)21-11-10-17(13-21)25(23,24)16-4-2-1-3-5-16/h1-9,17H,10-13H2,(H,20,22). The Kier molecular flexibility index (Phi) is 5.30. The summed E-state index contributed by atoms with van der Waals surface area (Å²) in [5.41, 5.74) is 0.936. The number of sulfone groups is 1. The lowest BCUT2D eigenvalue weighted by Crippen LogP contribution is -2.39. The van der Waals surface area contributed by atoms with Gasteiger partial charge in [0.15, 0.2) is 9.84 Å². The predicted molar refractivity (Wildman–Crippen MR) is 97.3 cm³/mol. The minimum absolute atomic E-state index is 0.212. The molecule has 132 valence electrons. The summed E-state index contributed by atoms with van der Waals surface area (Å²) in [7, 11) is -3.41. The van der Waals surface area contributed by atoms with Crippen LogP contribution in [0.3, 0.4) is 0 Å². The highest BCUT2D eigenvalue weighted by atomic mass is 35.5. The largest absolute Gasteiger partial charge is 0.334 e. The average molecular weight is 379 g/mol. The highest BCUT2D eigenvalue weighted by Crippen LogP contribution is 2.23.